The first-order valence-corrected chi connectivity index (χ1v) is 8.01. The molecule has 0 spiro atoms. The van der Waals surface area contributed by atoms with E-state index in [0.717, 1.165) is 6.08 Å². The van der Waals surface area contributed by atoms with Gasteiger partial charge in [0.15, 0.2) is 0 Å². The fourth-order valence-corrected chi connectivity index (χ4v) is 1.73. The van der Waals surface area contributed by atoms with Crippen LogP contribution < -0.4 is 0 Å². The standard InChI is InChI=1S/C15H16F8O5S/c1-3-7-26-11(25)13(14(19,20)21,28-10(24)9(2)16)27-8-5-4-6-12(17,18)15(22,23)29/h3,29H,1-2,4-8H2. The second kappa shape index (κ2) is 10.3. The number of ether oxygens (including phenoxy) is 3. The average molecular weight is 460 g/mol. The van der Waals surface area contributed by atoms with Gasteiger partial charge >= 0.3 is 35.1 Å². The van der Waals surface area contributed by atoms with Crippen molar-refractivity contribution in [2.45, 2.75) is 42.4 Å². The minimum Gasteiger partial charge on any atom is -0.456 e. The summed E-state index contributed by atoms with van der Waals surface area (Å²) in [5.74, 6) is -15.6. The highest BCUT2D eigenvalue weighted by Crippen LogP contribution is 2.41. The van der Waals surface area contributed by atoms with Gasteiger partial charge in [-0.25, -0.2) is 9.59 Å². The monoisotopic (exact) mass is 460 g/mol. The molecule has 0 aliphatic heterocycles. The Hall–Kier alpha value is -1.83. The van der Waals surface area contributed by atoms with Gasteiger partial charge in [-0.1, -0.05) is 31.9 Å². The quantitative estimate of drug-likeness (QED) is 0.0893. The molecule has 0 N–H and O–H groups in total. The van der Waals surface area contributed by atoms with Crippen LogP contribution in [0.15, 0.2) is 25.1 Å². The molecule has 0 saturated heterocycles. The Morgan fingerprint density at radius 2 is 1.59 bits per heavy atom. The first-order valence-electron chi connectivity index (χ1n) is 7.56. The predicted octanol–water partition coefficient (Wildman–Crippen LogP) is 4.35. The first-order chi connectivity index (χ1) is 13.0. The summed E-state index contributed by atoms with van der Waals surface area (Å²) in [5.41, 5.74) is 0. The number of hydrogen-bond acceptors (Lipinski definition) is 6. The summed E-state index contributed by atoms with van der Waals surface area (Å²) in [5, 5.41) is -4.67. The molecule has 0 aliphatic rings. The van der Waals surface area contributed by atoms with Gasteiger partial charge in [0.1, 0.15) is 6.61 Å². The van der Waals surface area contributed by atoms with Crippen LogP contribution in [-0.4, -0.2) is 48.3 Å². The van der Waals surface area contributed by atoms with Gasteiger partial charge in [-0.15, -0.1) is 0 Å². The lowest BCUT2D eigenvalue weighted by Gasteiger charge is -2.32. The number of hydrogen-bond donors (Lipinski definition) is 1. The van der Waals surface area contributed by atoms with Crippen LogP contribution in [-0.2, 0) is 23.8 Å². The lowest BCUT2D eigenvalue weighted by atomic mass is 10.1. The third-order valence-corrected chi connectivity index (χ3v) is 3.39. The van der Waals surface area contributed by atoms with Gasteiger partial charge in [-0.3, -0.25) is 0 Å². The maximum absolute atomic E-state index is 13.4. The van der Waals surface area contributed by atoms with Crippen LogP contribution in [0.5, 0.6) is 0 Å². The van der Waals surface area contributed by atoms with Crippen molar-refractivity contribution in [3.63, 3.8) is 0 Å². The van der Waals surface area contributed by atoms with Crippen LogP contribution in [0.1, 0.15) is 19.3 Å². The van der Waals surface area contributed by atoms with Crippen molar-refractivity contribution < 1.29 is 58.9 Å². The molecule has 0 amide bonds. The van der Waals surface area contributed by atoms with E-state index in [1.165, 1.54) is 0 Å². The lowest BCUT2D eigenvalue weighted by Crippen LogP contribution is -2.58. The summed E-state index contributed by atoms with van der Waals surface area (Å²) in [6, 6.07) is 0. The van der Waals surface area contributed by atoms with Crippen molar-refractivity contribution in [1.29, 1.82) is 0 Å². The number of thiol groups is 1. The summed E-state index contributed by atoms with van der Waals surface area (Å²) in [6.07, 6.45) is -7.91. The molecule has 168 valence electrons. The number of rotatable bonds is 12. The van der Waals surface area contributed by atoms with E-state index >= 15 is 0 Å². The predicted molar refractivity (Wildman–Crippen MR) is 85.0 cm³/mol. The van der Waals surface area contributed by atoms with Gasteiger partial charge in [0.2, 0.25) is 5.83 Å². The van der Waals surface area contributed by atoms with E-state index in [1.807, 2.05) is 0 Å². The maximum Gasteiger partial charge on any atom is 0.468 e. The molecule has 0 aromatic rings. The van der Waals surface area contributed by atoms with E-state index in [4.69, 9.17) is 0 Å². The second-order valence-corrected chi connectivity index (χ2v) is 5.91. The minimum atomic E-state index is -5.79. The van der Waals surface area contributed by atoms with E-state index in [-0.39, 0.29) is 0 Å². The molecule has 29 heavy (non-hydrogen) atoms. The largest absolute Gasteiger partial charge is 0.468 e. The minimum absolute atomic E-state index is 0.708. The van der Waals surface area contributed by atoms with Gasteiger partial charge in [-0.05, 0) is 12.8 Å². The molecule has 0 heterocycles. The van der Waals surface area contributed by atoms with Crippen molar-refractivity contribution in [3.05, 3.63) is 25.1 Å². The number of halogens is 8. The molecule has 0 aromatic carbocycles. The number of esters is 2. The van der Waals surface area contributed by atoms with Crippen molar-refractivity contribution in [2.24, 2.45) is 0 Å². The van der Waals surface area contributed by atoms with Crippen molar-refractivity contribution in [3.8, 4) is 0 Å². The normalized spacial score (nSPS) is 14.7. The number of carbonyl (C=O) groups excluding carboxylic acids is 2. The molecule has 0 rings (SSSR count). The van der Waals surface area contributed by atoms with Gasteiger partial charge in [0, 0.05) is 6.42 Å². The van der Waals surface area contributed by atoms with Gasteiger partial charge in [0.25, 0.3) is 0 Å². The van der Waals surface area contributed by atoms with Crippen LogP contribution in [0.2, 0.25) is 0 Å². The molecule has 0 saturated carbocycles. The fraction of sp³-hybridized carbons (Fsp3) is 0.600. The first kappa shape index (κ1) is 27.2. The summed E-state index contributed by atoms with van der Waals surface area (Å²) >= 11 is 2.43. The Bertz CT molecular complexity index is 617. The van der Waals surface area contributed by atoms with Crippen molar-refractivity contribution in [2.75, 3.05) is 13.2 Å². The SMILES string of the molecule is C=CCOC(=O)C(OCCCCC(F)(F)C(F)(F)S)(OC(=O)C(=C)F)C(F)(F)F. The fourth-order valence-electron chi connectivity index (χ4n) is 1.62. The number of carbonyl (C=O) groups is 2. The zero-order chi connectivity index (χ0) is 23.1. The zero-order valence-corrected chi connectivity index (χ0v) is 15.4. The van der Waals surface area contributed by atoms with E-state index in [2.05, 4.69) is 40.0 Å². The van der Waals surface area contributed by atoms with E-state index in [1.54, 1.807) is 0 Å². The van der Waals surface area contributed by atoms with Crippen LogP contribution in [0.25, 0.3) is 0 Å². The highest BCUT2D eigenvalue weighted by molar-refractivity contribution is 7.81. The highest BCUT2D eigenvalue weighted by atomic mass is 32.1. The Balaban J connectivity index is 5.38. The third kappa shape index (κ3) is 7.49. The van der Waals surface area contributed by atoms with Crippen molar-refractivity contribution >= 4 is 24.6 Å². The van der Waals surface area contributed by atoms with Crippen LogP contribution >= 0.6 is 12.6 Å². The average Bonchev–Trinajstić information content (AvgIpc) is 2.55. The van der Waals surface area contributed by atoms with E-state index in [0.29, 0.717) is 0 Å². The van der Waals surface area contributed by atoms with E-state index in [9.17, 15) is 44.7 Å². The highest BCUT2D eigenvalue weighted by Gasteiger charge is 2.68. The molecule has 0 aliphatic carbocycles. The molecular weight excluding hydrogens is 444 g/mol. The summed E-state index contributed by atoms with van der Waals surface area (Å²) in [4.78, 5) is 23.0. The number of unbranched alkanes of at least 4 members (excludes halogenated alkanes) is 1. The van der Waals surface area contributed by atoms with Crippen LogP contribution in [0, 0.1) is 0 Å². The lowest BCUT2D eigenvalue weighted by molar-refractivity contribution is -0.354. The molecule has 1 atom stereocenters. The molecule has 0 bridgehead atoms. The Morgan fingerprint density at radius 1 is 1.03 bits per heavy atom. The van der Waals surface area contributed by atoms with Gasteiger partial charge < -0.3 is 14.2 Å². The molecule has 5 nitrogen and oxygen atoms in total. The third-order valence-electron chi connectivity index (χ3n) is 3.06. The molecule has 1 unspecified atom stereocenters. The van der Waals surface area contributed by atoms with Crippen LogP contribution in [0.4, 0.5) is 35.1 Å². The van der Waals surface area contributed by atoms with Gasteiger partial charge in [0.05, 0.1) is 6.61 Å². The molecule has 0 radical (unpaired) electrons. The summed E-state index contributed by atoms with van der Waals surface area (Å²) in [7, 11) is 0. The smallest absolute Gasteiger partial charge is 0.456 e. The topological polar surface area (TPSA) is 61.8 Å². The number of alkyl halides is 7. The van der Waals surface area contributed by atoms with Gasteiger partial charge in [-0.2, -0.15) is 35.1 Å². The Kier molecular flexibility index (Phi) is 9.63. The molecular formula is C15H16F8O5S. The summed E-state index contributed by atoms with van der Waals surface area (Å²) < 4.78 is 116. The Labute approximate surface area is 165 Å². The van der Waals surface area contributed by atoms with E-state index < -0.39 is 73.4 Å². The molecule has 14 heteroatoms. The van der Waals surface area contributed by atoms with Crippen LogP contribution in [0.3, 0.4) is 0 Å². The summed E-state index contributed by atoms with van der Waals surface area (Å²) in [6.45, 7) is 3.53. The zero-order valence-electron chi connectivity index (χ0n) is 14.5. The second-order valence-electron chi connectivity index (χ2n) is 5.35. The van der Waals surface area contributed by atoms with Crippen molar-refractivity contribution in [1.82, 2.24) is 0 Å². The molecule has 0 fully saturated rings. The maximum atomic E-state index is 13.4. The molecule has 0 aromatic heterocycles. The Morgan fingerprint density at radius 3 is 2.00 bits per heavy atom.